The Bertz CT molecular complexity index is 618. The molecule has 1 saturated heterocycles. The zero-order valence-electron chi connectivity index (χ0n) is 12.2. The maximum absolute atomic E-state index is 5.60. The summed E-state index contributed by atoms with van der Waals surface area (Å²) in [6.07, 6.45) is 5.31. The lowest BCUT2D eigenvalue weighted by molar-refractivity contribution is 0.210. The molecule has 0 unspecified atom stereocenters. The van der Waals surface area contributed by atoms with Crippen molar-refractivity contribution in [2.45, 2.75) is 57.5 Å². The average Bonchev–Trinajstić information content (AvgIpc) is 2.95. The Hall–Kier alpha value is -1.76. The highest BCUT2D eigenvalue weighted by atomic mass is 16.5. The quantitative estimate of drug-likeness (QED) is 0.834. The molecule has 2 aliphatic rings. The van der Waals surface area contributed by atoms with Crippen LogP contribution >= 0.6 is 0 Å². The summed E-state index contributed by atoms with van der Waals surface area (Å²) >= 11 is 0. The van der Waals surface area contributed by atoms with Gasteiger partial charge in [-0.2, -0.15) is 4.98 Å². The minimum atomic E-state index is 0.207. The van der Waals surface area contributed by atoms with Gasteiger partial charge in [-0.15, -0.1) is 10.2 Å². The third-order valence-electron chi connectivity index (χ3n) is 4.20. The molecule has 0 bridgehead atoms. The van der Waals surface area contributed by atoms with Gasteiger partial charge in [-0.25, -0.2) is 0 Å². The van der Waals surface area contributed by atoms with Crippen LogP contribution in [0.4, 0.5) is 0 Å². The molecule has 0 amide bonds. The summed E-state index contributed by atoms with van der Waals surface area (Å²) in [4.78, 5) is 6.88. The minimum absolute atomic E-state index is 0.207. The molecule has 2 fully saturated rings. The first-order valence-electron chi connectivity index (χ1n) is 7.72. The van der Waals surface area contributed by atoms with Crippen LogP contribution in [0.5, 0.6) is 0 Å². The van der Waals surface area contributed by atoms with Crippen molar-refractivity contribution in [1.82, 2.24) is 25.2 Å². The summed E-state index contributed by atoms with van der Waals surface area (Å²) in [5.41, 5.74) is 0. The molecule has 1 atom stereocenters. The minimum Gasteiger partial charge on any atom is -0.424 e. The van der Waals surface area contributed by atoms with Crippen LogP contribution in [-0.4, -0.2) is 31.8 Å². The summed E-state index contributed by atoms with van der Waals surface area (Å²) in [7, 11) is 0. The van der Waals surface area contributed by atoms with Gasteiger partial charge in [-0.05, 0) is 32.2 Å². The van der Waals surface area contributed by atoms with Gasteiger partial charge >= 0.3 is 0 Å². The van der Waals surface area contributed by atoms with Crippen LogP contribution in [0.2, 0.25) is 0 Å². The lowest BCUT2D eigenvalue weighted by atomic mass is 10.2. The summed E-state index contributed by atoms with van der Waals surface area (Å²) < 4.78 is 11.0. The lowest BCUT2D eigenvalue weighted by Crippen LogP contribution is -2.23. The second-order valence-corrected chi connectivity index (χ2v) is 5.84. The number of aromatic nitrogens is 4. The molecule has 2 aromatic rings. The van der Waals surface area contributed by atoms with Crippen LogP contribution in [0, 0.1) is 0 Å². The van der Waals surface area contributed by atoms with E-state index in [1.165, 1.54) is 12.8 Å². The number of hydrogen-bond acceptors (Lipinski definition) is 7. The highest BCUT2D eigenvalue weighted by Gasteiger charge is 2.34. The zero-order valence-corrected chi connectivity index (χ0v) is 12.2. The van der Waals surface area contributed by atoms with Crippen molar-refractivity contribution in [3.8, 4) is 0 Å². The zero-order chi connectivity index (χ0) is 14.2. The van der Waals surface area contributed by atoms with Gasteiger partial charge in [-0.3, -0.25) is 4.90 Å². The number of aryl methyl sites for hydroxylation is 1. The molecule has 0 aromatic carbocycles. The molecule has 112 valence electrons. The summed E-state index contributed by atoms with van der Waals surface area (Å²) in [6, 6.07) is 0.207. The lowest BCUT2D eigenvalue weighted by Gasteiger charge is -2.19. The standard InChI is InChI=1S/C14H19N5O2/c1-2-11-16-17-12(20-11)8-19-7-3-4-10(19)13-15-14(21-18-13)9-5-6-9/h9-10H,2-8H2,1H3/t10-/m0/s1. The summed E-state index contributed by atoms with van der Waals surface area (Å²) in [5.74, 6) is 3.48. The average molecular weight is 289 g/mol. The fraction of sp³-hybridized carbons (Fsp3) is 0.714. The van der Waals surface area contributed by atoms with E-state index in [0.29, 0.717) is 24.2 Å². The van der Waals surface area contributed by atoms with Gasteiger partial charge in [0.2, 0.25) is 17.7 Å². The van der Waals surface area contributed by atoms with Gasteiger partial charge in [-0.1, -0.05) is 12.1 Å². The van der Waals surface area contributed by atoms with Crippen molar-refractivity contribution in [2.75, 3.05) is 6.54 Å². The third kappa shape index (κ3) is 2.57. The Balaban J connectivity index is 1.48. The highest BCUT2D eigenvalue weighted by molar-refractivity contribution is 5.05. The molecule has 1 saturated carbocycles. The molecule has 7 nitrogen and oxygen atoms in total. The maximum Gasteiger partial charge on any atom is 0.230 e. The molecular formula is C14H19N5O2. The van der Waals surface area contributed by atoms with Crippen LogP contribution in [0.3, 0.4) is 0 Å². The fourth-order valence-corrected chi connectivity index (χ4v) is 2.86. The number of rotatable bonds is 5. The Morgan fingerprint density at radius 1 is 1.19 bits per heavy atom. The van der Waals surface area contributed by atoms with Crippen LogP contribution < -0.4 is 0 Å². The number of hydrogen-bond donors (Lipinski definition) is 0. The fourth-order valence-electron chi connectivity index (χ4n) is 2.86. The van der Waals surface area contributed by atoms with Crippen molar-refractivity contribution < 1.29 is 8.94 Å². The largest absolute Gasteiger partial charge is 0.424 e. The maximum atomic E-state index is 5.60. The van der Waals surface area contributed by atoms with Gasteiger partial charge in [0.1, 0.15) is 0 Å². The van der Waals surface area contributed by atoms with Gasteiger partial charge in [0.05, 0.1) is 12.6 Å². The normalized spacial score (nSPS) is 23.0. The molecule has 1 aliphatic carbocycles. The molecule has 3 heterocycles. The molecule has 4 rings (SSSR count). The van der Waals surface area contributed by atoms with E-state index in [1.807, 2.05) is 6.92 Å². The van der Waals surface area contributed by atoms with Crippen LogP contribution in [-0.2, 0) is 13.0 Å². The Kier molecular flexibility index (Phi) is 3.21. The van der Waals surface area contributed by atoms with E-state index in [4.69, 9.17) is 8.94 Å². The second kappa shape index (κ2) is 5.22. The Morgan fingerprint density at radius 2 is 2.05 bits per heavy atom. The molecule has 2 aromatic heterocycles. The molecule has 21 heavy (non-hydrogen) atoms. The predicted octanol–water partition coefficient (Wildman–Crippen LogP) is 2.23. The van der Waals surface area contributed by atoms with E-state index in [2.05, 4.69) is 25.2 Å². The number of likely N-dealkylation sites (tertiary alicyclic amines) is 1. The van der Waals surface area contributed by atoms with E-state index in [9.17, 15) is 0 Å². The Morgan fingerprint density at radius 3 is 2.81 bits per heavy atom. The molecule has 0 spiro atoms. The predicted molar refractivity (Wildman–Crippen MR) is 72.3 cm³/mol. The van der Waals surface area contributed by atoms with Crippen LogP contribution in [0.15, 0.2) is 8.94 Å². The van der Waals surface area contributed by atoms with E-state index in [1.54, 1.807) is 0 Å². The number of nitrogens with zero attached hydrogens (tertiary/aromatic N) is 5. The third-order valence-corrected chi connectivity index (χ3v) is 4.20. The van der Waals surface area contributed by atoms with Crippen molar-refractivity contribution in [3.63, 3.8) is 0 Å². The van der Waals surface area contributed by atoms with Gasteiger partial charge in [0.25, 0.3) is 0 Å². The molecule has 1 aliphatic heterocycles. The molecule has 0 N–H and O–H groups in total. The first kappa shape index (κ1) is 12.9. The monoisotopic (exact) mass is 289 g/mol. The van der Waals surface area contributed by atoms with Gasteiger partial charge in [0, 0.05) is 12.3 Å². The van der Waals surface area contributed by atoms with Gasteiger partial charge < -0.3 is 8.94 Å². The van der Waals surface area contributed by atoms with Crippen LogP contribution in [0.1, 0.15) is 68.1 Å². The van der Waals surface area contributed by atoms with Crippen molar-refractivity contribution in [3.05, 3.63) is 23.5 Å². The van der Waals surface area contributed by atoms with E-state index >= 15 is 0 Å². The second-order valence-electron chi connectivity index (χ2n) is 5.84. The Labute approximate surface area is 122 Å². The molecule has 7 heteroatoms. The van der Waals surface area contributed by atoms with E-state index < -0.39 is 0 Å². The van der Waals surface area contributed by atoms with Crippen molar-refractivity contribution in [1.29, 1.82) is 0 Å². The smallest absolute Gasteiger partial charge is 0.230 e. The molecular weight excluding hydrogens is 270 g/mol. The molecule has 0 radical (unpaired) electrons. The van der Waals surface area contributed by atoms with Crippen molar-refractivity contribution in [2.24, 2.45) is 0 Å². The first-order chi connectivity index (χ1) is 10.3. The van der Waals surface area contributed by atoms with E-state index in [0.717, 1.165) is 37.5 Å². The first-order valence-corrected chi connectivity index (χ1v) is 7.72. The van der Waals surface area contributed by atoms with Gasteiger partial charge in [0.15, 0.2) is 5.82 Å². The van der Waals surface area contributed by atoms with E-state index in [-0.39, 0.29) is 6.04 Å². The topological polar surface area (TPSA) is 81.1 Å². The summed E-state index contributed by atoms with van der Waals surface area (Å²) in [5, 5.41) is 12.3. The highest BCUT2D eigenvalue weighted by Crippen LogP contribution is 2.40. The van der Waals surface area contributed by atoms with Crippen molar-refractivity contribution >= 4 is 0 Å². The van der Waals surface area contributed by atoms with Crippen LogP contribution in [0.25, 0.3) is 0 Å². The SMILES string of the molecule is CCc1nnc(CN2CCC[C@H]2c2noc(C3CC3)n2)o1. The summed E-state index contributed by atoms with van der Waals surface area (Å²) in [6.45, 7) is 3.67.